The third-order valence-corrected chi connectivity index (χ3v) is 3.42. The molecule has 0 atom stereocenters. The van der Waals surface area contributed by atoms with Gasteiger partial charge in [-0.05, 0) is 41.3 Å². The Hall–Kier alpha value is -2.61. The van der Waals surface area contributed by atoms with Gasteiger partial charge in [-0.3, -0.25) is 4.98 Å². The third kappa shape index (κ3) is 3.48. The number of anilines is 1. The Kier molecular flexibility index (Phi) is 3.97. The number of benzene rings is 2. The molecule has 2 aromatic carbocycles. The fraction of sp³-hybridized carbons (Fsp3) is 0.105. The van der Waals surface area contributed by atoms with Crippen LogP contribution in [-0.4, -0.2) is 4.98 Å². The molecule has 0 aliphatic rings. The zero-order chi connectivity index (χ0) is 14.5. The lowest BCUT2D eigenvalue weighted by atomic mass is 10.1. The molecule has 0 aliphatic heterocycles. The standard InChI is InChI=1S/C19H18N2/c1-15-11-16(13-20-12-15)14-21-19-9-7-18(8-10-19)17-5-3-2-4-6-17/h2-13,21H,14H2,1H3. The van der Waals surface area contributed by atoms with Crippen LogP contribution in [0.15, 0.2) is 73.1 Å². The fourth-order valence-electron chi connectivity index (χ4n) is 2.33. The SMILES string of the molecule is Cc1cncc(CNc2ccc(-c3ccccc3)cc2)c1. The van der Waals surface area contributed by atoms with Crippen LogP contribution in [0, 0.1) is 6.92 Å². The maximum atomic E-state index is 4.21. The first-order valence-corrected chi connectivity index (χ1v) is 7.11. The highest BCUT2D eigenvalue weighted by Crippen LogP contribution is 2.21. The number of nitrogens with zero attached hydrogens (tertiary/aromatic N) is 1. The molecular weight excluding hydrogens is 256 g/mol. The van der Waals surface area contributed by atoms with Crippen LogP contribution >= 0.6 is 0 Å². The number of pyridine rings is 1. The number of rotatable bonds is 4. The van der Waals surface area contributed by atoms with Crippen molar-refractivity contribution in [3.63, 3.8) is 0 Å². The van der Waals surface area contributed by atoms with Gasteiger partial charge in [0.2, 0.25) is 0 Å². The highest BCUT2D eigenvalue weighted by Gasteiger charge is 1.98. The van der Waals surface area contributed by atoms with Crippen molar-refractivity contribution in [1.29, 1.82) is 0 Å². The third-order valence-electron chi connectivity index (χ3n) is 3.42. The molecule has 0 aliphatic carbocycles. The van der Waals surface area contributed by atoms with E-state index in [2.05, 4.69) is 71.8 Å². The molecule has 104 valence electrons. The van der Waals surface area contributed by atoms with Gasteiger partial charge >= 0.3 is 0 Å². The van der Waals surface area contributed by atoms with Crippen LogP contribution in [0.2, 0.25) is 0 Å². The lowest BCUT2D eigenvalue weighted by Gasteiger charge is -2.08. The molecule has 0 spiro atoms. The second-order valence-electron chi connectivity index (χ2n) is 5.17. The van der Waals surface area contributed by atoms with Crippen molar-refractivity contribution in [1.82, 2.24) is 4.98 Å². The van der Waals surface area contributed by atoms with E-state index in [9.17, 15) is 0 Å². The Morgan fingerprint density at radius 2 is 1.57 bits per heavy atom. The summed E-state index contributed by atoms with van der Waals surface area (Å²) in [5.41, 5.74) is 5.98. The topological polar surface area (TPSA) is 24.9 Å². The Bertz CT molecular complexity index is 703. The molecule has 1 heterocycles. The molecule has 2 heteroatoms. The minimum Gasteiger partial charge on any atom is -0.381 e. The summed E-state index contributed by atoms with van der Waals surface area (Å²) in [5.74, 6) is 0. The number of aryl methyl sites for hydroxylation is 1. The molecule has 21 heavy (non-hydrogen) atoms. The molecular formula is C19H18N2. The average molecular weight is 274 g/mol. The van der Waals surface area contributed by atoms with Crippen molar-refractivity contribution in [2.75, 3.05) is 5.32 Å². The van der Waals surface area contributed by atoms with Crippen LogP contribution in [0.3, 0.4) is 0 Å². The summed E-state index contributed by atoms with van der Waals surface area (Å²) in [5, 5.41) is 3.43. The molecule has 0 bridgehead atoms. The predicted octanol–water partition coefficient (Wildman–Crippen LogP) is 4.67. The Morgan fingerprint density at radius 1 is 0.857 bits per heavy atom. The molecule has 2 nitrogen and oxygen atoms in total. The summed E-state index contributed by atoms with van der Waals surface area (Å²) >= 11 is 0. The summed E-state index contributed by atoms with van der Waals surface area (Å²) in [6, 6.07) is 21.1. The summed E-state index contributed by atoms with van der Waals surface area (Å²) in [7, 11) is 0. The minimum atomic E-state index is 0.791. The van der Waals surface area contributed by atoms with Gasteiger partial charge in [0.15, 0.2) is 0 Å². The highest BCUT2D eigenvalue weighted by molar-refractivity contribution is 5.65. The van der Waals surface area contributed by atoms with Gasteiger partial charge in [-0.2, -0.15) is 0 Å². The smallest absolute Gasteiger partial charge is 0.0416 e. The predicted molar refractivity (Wildman–Crippen MR) is 88.2 cm³/mol. The lowest BCUT2D eigenvalue weighted by Crippen LogP contribution is -2.00. The second kappa shape index (κ2) is 6.23. The van der Waals surface area contributed by atoms with Crippen LogP contribution in [0.25, 0.3) is 11.1 Å². The fourth-order valence-corrected chi connectivity index (χ4v) is 2.33. The number of hydrogen-bond acceptors (Lipinski definition) is 2. The van der Waals surface area contributed by atoms with E-state index in [1.54, 1.807) is 0 Å². The minimum absolute atomic E-state index is 0.791. The Morgan fingerprint density at radius 3 is 2.29 bits per heavy atom. The number of nitrogens with one attached hydrogen (secondary N) is 1. The van der Waals surface area contributed by atoms with Gasteiger partial charge < -0.3 is 5.32 Å². The summed E-state index contributed by atoms with van der Waals surface area (Å²) < 4.78 is 0. The first-order chi connectivity index (χ1) is 10.3. The number of hydrogen-bond donors (Lipinski definition) is 1. The van der Waals surface area contributed by atoms with Crippen LogP contribution in [-0.2, 0) is 6.54 Å². The molecule has 0 saturated carbocycles. The van der Waals surface area contributed by atoms with E-state index in [-0.39, 0.29) is 0 Å². The van der Waals surface area contributed by atoms with E-state index in [0.717, 1.165) is 12.2 Å². The van der Waals surface area contributed by atoms with E-state index >= 15 is 0 Å². The average Bonchev–Trinajstić information content (AvgIpc) is 2.54. The maximum Gasteiger partial charge on any atom is 0.0416 e. The Labute approximate surface area is 125 Å². The molecule has 1 aromatic heterocycles. The molecule has 0 fully saturated rings. The first kappa shape index (κ1) is 13.4. The highest BCUT2D eigenvalue weighted by atomic mass is 14.9. The lowest BCUT2D eigenvalue weighted by molar-refractivity contribution is 1.10. The van der Waals surface area contributed by atoms with E-state index in [1.165, 1.54) is 22.3 Å². The molecule has 0 amide bonds. The molecule has 3 rings (SSSR count). The van der Waals surface area contributed by atoms with Crippen molar-refractivity contribution in [3.8, 4) is 11.1 Å². The van der Waals surface area contributed by atoms with E-state index < -0.39 is 0 Å². The molecule has 3 aromatic rings. The first-order valence-electron chi connectivity index (χ1n) is 7.11. The zero-order valence-corrected chi connectivity index (χ0v) is 12.1. The van der Waals surface area contributed by atoms with Crippen LogP contribution in [0.5, 0.6) is 0 Å². The van der Waals surface area contributed by atoms with Gasteiger partial charge in [-0.15, -0.1) is 0 Å². The molecule has 0 radical (unpaired) electrons. The van der Waals surface area contributed by atoms with E-state index in [4.69, 9.17) is 0 Å². The van der Waals surface area contributed by atoms with Gasteiger partial charge in [-0.25, -0.2) is 0 Å². The van der Waals surface area contributed by atoms with E-state index in [0.29, 0.717) is 0 Å². The molecule has 0 unspecified atom stereocenters. The van der Waals surface area contributed by atoms with Gasteiger partial charge in [-0.1, -0.05) is 48.5 Å². The summed E-state index contributed by atoms with van der Waals surface area (Å²) in [6.07, 6.45) is 3.77. The zero-order valence-electron chi connectivity index (χ0n) is 12.1. The van der Waals surface area contributed by atoms with Gasteiger partial charge in [0.05, 0.1) is 0 Å². The maximum absolute atomic E-state index is 4.21. The monoisotopic (exact) mass is 274 g/mol. The van der Waals surface area contributed by atoms with Crippen LogP contribution in [0.1, 0.15) is 11.1 Å². The molecule has 0 saturated heterocycles. The summed E-state index contributed by atoms with van der Waals surface area (Å²) in [6.45, 7) is 2.85. The van der Waals surface area contributed by atoms with Crippen molar-refractivity contribution in [3.05, 3.63) is 84.2 Å². The Balaban J connectivity index is 1.68. The quantitative estimate of drug-likeness (QED) is 0.748. The van der Waals surface area contributed by atoms with Gasteiger partial charge in [0, 0.05) is 24.6 Å². The van der Waals surface area contributed by atoms with Gasteiger partial charge in [0.25, 0.3) is 0 Å². The van der Waals surface area contributed by atoms with E-state index in [1.807, 2.05) is 18.5 Å². The van der Waals surface area contributed by atoms with Crippen molar-refractivity contribution in [2.24, 2.45) is 0 Å². The van der Waals surface area contributed by atoms with Crippen LogP contribution in [0.4, 0.5) is 5.69 Å². The van der Waals surface area contributed by atoms with Crippen molar-refractivity contribution < 1.29 is 0 Å². The van der Waals surface area contributed by atoms with Gasteiger partial charge in [0.1, 0.15) is 0 Å². The second-order valence-corrected chi connectivity index (χ2v) is 5.17. The summed E-state index contributed by atoms with van der Waals surface area (Å²) in [4.78, 5) is 4.21. The largest absolute Gasteiger partial charge is 0.381 e. The normalized spacial score (nSPS) is 10.3. The van der Waals surface area contributed by atoms with Crippen molar-refractivity contribution in [2.45, 2.75) is 13.5 Å². The van der Waals surface area contributed by atoms with Crippen molar-refractivity contribution >= 4 is 5.69 Å². The number of aromatic nitrogens is 1. The van der Waals surface area contributed by atoms with Crippen LogP contribution < -0.4 is 5.32 Å². The molecule has 1 N–H and O–H groups in total.